The number of hydrogen-bond acceptors (Lipinski definition) is 10. The Bertz CT molecular complexity index is 1470. The molecule has 0 aromatic carbocycles. The third-order valence-corrected chi connectivity index (χ3v) is 8.92. The monoisotopic (exact) mass is 657 g/mol. The summed E-state index contributed by atoms with van der Waals surface area (Å²) < 4.78 is 36.9. The Balaban J connectivity index is 0.000000382. The molecule has 4 N–H and O–H groups in total. The number of ether oxygens (including phenoxy) is 1. The van der Waals surface area contributed by atoms with Gasteiger partial charge in [0.2, 0.25) is 0 Å². The minimum Gasteiger partial charge on any atom is -0.479 e. The van der Waals surface area contributed by atoms with Crippen LogP contribution in [0.2, 0.25) is 4.34 Å². The van der Waals surface area contributed by atoms with Gasteiger partial charge >= 0.3 is 11.9 Å². The lowest BCUT2D eigenvalue weighted by atomic mass is 9.84. The molecule has 240 valence electrons. The zero-order valence-corrected chi connectivity index (χ0v) is 25.9. The number of piperidine rings is 1. The summed E-state index contributed by atoms with van der Waals surface area (Å²) in [4.78, 5) is 29.2. The molecule has 16 heteroatoms. The van der Waals surface area contributed by atoms with Gasteiger partial charge in [0, 0.05) is 60.1 Å². The Morgan fingerprint density at radius 1 is 1.16 bits per heavy atom. The molecule has 2 unspecified atom stereocenters. The summed E-state index contributed by atoms with van der Waals surface area (Å²) >= 11 is 7.36. The second-order valence-electron chi connectivity index (χ2n) is 11.0. The van der Waals surface area contributed by atoms with E-state index in [9.17, 15) is 18.4 Å². The predicted octanol–water partition coefficient (Wildman–Crippen LogP) is 2.84. The van der Waals surface area contributed by atoms with Gasteiger partial charge in [-0.05, 0) is 46.0 Å². The summed E-state index contributed by atoms with van der Waals surface area (Å²) in [6, 6.07) is 5.43. The van der Waals surface area contributed by atoms with Crippen LogP contribution < -0.4 is 0 Å². The number of aliphatic hydroxyl groups is 2. The van der Waals surface area contributed by atoms with E-state index in [1.54, 1.807) is 6.20 Å². The highest BCUT2D eigenvalue weighted by Gasteiger charge is 2.51. The maximum Gasteiger partial charge on any atom is 0.335 e. The average molecular weight is 658 g/mol. The molecule has 2 atom stereocenters. The summed E-state index contributed by atoms with van der Waals surface area (Å²) in [5.74, 6) is -5.68. The van der Waals surface area contributed by atoms with E-state index in [1.165, 1.54) is 17.4 Å². The van der Waals surface area contributed by atoms with Crippen LogP contribution >= 0.6 is 22.9 Å². The summed E-state index contributed by atoms with van der Waals surface area (Å²) in [7, 11) is 4.06. The van der Waals surface area contributed by atoms with Crippen LogP contribution in [0.1, 0.15) is 40.1 Å². The highest BCUT2D eigenvalue weighted by molar-refractivity contribution is 7.16. The molecule has 0 radical (unpaired) electrons. The third kappa shape index (κ3) is 7.42. The van der Waals surface area contributed by atoms with E-state index >= 15 is 0 Å². The Labute approximate surface area is 261 Å². The Kier molecular flexibility index (Phi) is 10.4. The molecule has 12 nitrogen and oxygen atoms in total. The Morgan fingerprint density at radius 3 is 2.39 bits per heavy atom. The van der Waals surface area contributed by atoms with E-state index < -0.39 is 42.3 Å². The molecule has 1 spiro atoms. The molecule has 5 rings (SSSR count). The van der Waals surface area contributed by atoms with Crippen LogP contribution in [0.15, 0.2) is 30.6 Å². The number of likely N-dealkylation sites (tertiary alicyclic amines) is 1. The van der Waals surface area contributed by atoms with Crippen LogP contribution in [0, 0.1) is 6.92 Å². The van der Waals surface area contributed by atoms with Gasteiger partial charge in [-0.1, -0.05) is 17.7 Å². The molecule has 0 bridgehead atoms. The van der Waals surface area contributed by atoms with Gasteiger partial charge in [0.15, 0.2) is 18.0 Å². The van der Waals surface area contributed by atoms with Crippen LogP contribution in [0.5, 0.6) is 0 Å². The number of thiophene rings is 1. The van der Waals surface area contributed by atoms with Crippen molar-refractivity contribution in [2.75, 3.05) is 33.8 Å². The first-order valence-electron chi connectivity index (χ1n) is 13.6. The van der Waals surface area contributed by atoms with Gasteiger partial charge in [0.05, 0.1) is 10.0 Å². The number of fused-ring (bicyclic) bond motifs is 2. The number of rotatable bonds is 8. The number of nitrogens with zero attached hydrogens (tertiary/aromatic N) is 5. The minimum atomic E-state index is -2.98. The smallest absolute Gasteiger partial charge is 0.335 e. The van der Waals surface area contributed by atoms with Crippen molar-refractivity contribution in [3.05, 3.63) is 62.2 Å². The van der Waals surface area contributed by atoms with Gasteiger partial charge in [0.25, 0.3) is 5.92 Å². The molecule has 0 saturated carbocycles. The van der Waals surface area contributed by atoms with E-state index in [0.29, 0.717) is 22.1 Å². The largest absolute Gasteiger partial charge is 0.479 e. The van der Waals surface area contributed by atoms with Crippen LogP contribution in [0.4, 0.5) is 8.78 Å². The molecular weight excluding hydrogens is 624 g/mol. The number of alkyl halides is 2. The number of pyridine rings is 1. The summed E-state index contributed by atoms with van der Waals surface area (Å²) in [6.07, 6.45) is 0.625. The summed E-state index contributed by atoms with van der Waals surface area (Å²) in [5.41, 5.74) is 2.58. The first-order chi connectivity index (χ1) is 20.6. The van der Waals surface area contributed by atoms with Crippen molar-refractivity contribution in [1.82, 2.24) is 24.6 Å². The first-order valence-corrected chi connectivity index (χ1v) is 14.8. The van der Waals surface area contributed by atoms with E-state index in [4.69, 9.17) is 41.9 Å². The molecule has 44 heavy (non-hydrogen) atoms. The van der Waals surface area contributed by atoms with Crippen molar-refractivity contribution < 1.29 is 43.5 Å². The molecule has 0 amide bonds. The number of hydrogen-bond donors (Lipinski definition) is 4. The van der Waals surface area contributed by atoms with Crippen molar-refractivity contribution in [2.45, 2.75) is 56.6 Å². The topological polar surface area (TPSA) is 161 Å². The zero-order valence-electron chi connectivity index (χ0n) is 24.3. The number of aromatic nitrogens is 3. The van der Waals surface area contributed by atoms with E-state index in [-0.39, 0.29) is 5.56 Å². The van der Waals surface area contributed by atoms with Crippen molar-refractivity contribution in [3.63, 3.8) is 0 Å². The van der Waals surface area contributed by atoms with Crippen LogP contribution in [-0.2, 0) is 38.9 Å². The lowest BCUT2D eigenvalue weighted by molar-refractivity contribution is -0.182. The highest BCUT2D eigenvalue weighted by Crippen LogP contribution is 2.52. The normalized spacial score (nSPS) is 18.8. The first kappa shape index (κ1) is 33.8. The van der Waals surface area contributed by atoms with Crippen molar-refractivity contribution in [3.8, 4) is 5.82 Å². The van der Waals surface area contributed by atoms with Gasteiger partial charge < -0.3 is 30.1 Å². The lowest BCUT2D eigenvalue weighted by Gasteiger charge is -2.45. The number of aliphatic carboxylic acids is 2. The van der Waals surface area contributed by atoms with Crippen molar-refractivity contribution in [2.24, 2.45) is 0 Å². The standard InChI is InChI=1S/C24H28ClF2N5OS.C4H6O6/c1-16-18(14-32(29-16)22-17(12-30(2)3)5-4-8-28-22)13-31-9-6-23(7-10-31)21-19(11-20(25)34-21)24(26,27)15-33-23;5-1(3(7)8)2(6)4(9)10/h4-5,8,11,14H,6-7,9-10,12-13,15H2,1-3H3;1-2,5-6H,(H,7,8)(H,9,10). The number of halogens is 3. The van der Waals surface area contributed by atoms with Crippen LogP contribution in [-0.4, -0.2) is 103 Å². The molecule has 3 aromatic rings. The average Bonchev–Trinajstić information content (AvgIpc) is 3.55. The number of carboxylic acid groups (broad SMARTS) is 2. The van der Waals surface area contributed by atoms with Crippen molar-refractivity contribution >= 4 is 34.9 Å². The number of carboxylic acids is 2. The van der Waals surface area contributed by atoms with Crippen LogP contribution in [0.3, 0.4) is 0 Å². The molecule has 1 saturated heterocycles. The fourth-order valence-electron chi connectivity index (χ4n) is 5.16. The van der Waals surface area contributed by atoms with Crippen LogP contribution in [0.25, 0.3) is 5.82 Å². The summed E-state index contributed by atoms with van der Waals surface area (Å²) in [5, 5.41) is 37.3. The SMILES string of the molecule is Cc1nn(-c2ncccc2CN(C)C)cc1CN1CCC2(CC1)OCC(F)(F)c1cc(Cl)sc12.O=C(O)C(O)C(O)C(=O)O. The van der Waals surface area contributed by atoms with Gasteiger partial charge in [-0.15, -0.1) is 11.3 Å². The van der Waals surface area contributed by atoms with E-state index in [1.807, 2.05) is 31.8 Å². The van der Waals surface area contributed by atoms with Gasteiger partial charge in [-0.2, -0.15) is 13.9 Å². The number of aliphatic hydroxyl groups excluding tert-OH is 2. The minimum absolute atomic E-state index is 0.0446. The zero-order chi connectivity index (χ0) is 32.4. The van der Waals surface area contributed by atoms with Gasteiger partial charge in [-0.25, -0.2) is 19.3 Å². The van der Waals surface area contributed by atoms with E-state index in [0.717, 1.165) is 48.8 Å². The Morgan fingerprint density at radius 2 is 1.80 bits per heavy atom. The number of carbonyl (C=O) groups is 2. The summed E-state index contributed by atoms with van der Waals surface area (Å²) in [6.45, 7) is 4.45. The molecule has 2 aliphatic rings. The van der Waals surface area contributed by atoms with Gasteiger partial charge in [0.1, 0.15) is 12.2 Å². The third-order valence-electron chi connectivity index (χ3n) is 7.47. The van der Waals surface area contributed by atoms with Gasteiger partial charge in [-0.3, -0.25) is 4.90 Å². The molecule has 5 heterocycles. The quantitative estimate of drug-likeness (QED) is 0.282. The molecule has 3 aromatic heterocycles. The molecule has 0 aliphatic carbocycles. The second kappa shape index (κ2) is 13.5. The fourth-order valence-corrected chi connectivity index (χ4v) is 6.64. The molecule has 1 fully saturated rings. The predicted molar refractivity (Wildman–Crippen MR) is 156 cm³/mol. The fraction of sp³-hybridized carbons (Fsp3) is 0.500. The second-order valence-corrected chi connectivity index (χ2v) is 12.7. The number of aryl methyl sites for hydroxylation is 1. The molecule has 2 aliphatic heterocycles. The highest BCUT2D eigenvalue weighted by atomic mass is 35.5. The molecular formula is C28H34ClF2N5O7S. The maximum absolute atomic E-state index is 14.4. The maximum atomic E-state index is 14.4. The Hall–Kier alpha value is -3.05. The van der Waals surface area contributed by atoms with Crippen molar-refractivity contribution in [1.29, 1.82) is 0 Å². The lowest BCUT2D eigenvalue weighted by Crippen LogP contribution is -2.48. The van der Waals surface area contributed by atoms with E-state index in [2.05, 4.69) is 27.0 Å².